The molecular formula is C29H38FN5. The van der Waals surface area contributed by atoms with E-state index >= 15 is 0 Å². The van der Waals surface area contributed by atoms with E-state index in [1.807, 2.05) is 32.9 Å². The van der Waals surface area contributed by atoms with Crippen LogP contribution in [-0.4, -0.2) is 29.0 Å². The van der Waals surface area contributed by atoms with Gasteiger partial charge >= 0.3 is 0 Å². The van der Waals surface area contributed by atoms with Gasteiger partial charge in [-0.1, -0.05) is 38.6 Å². The third-order valence-corrected chi connectivity index (χ3v) is 6.03. The third kappa shape index (κ3) is 6.40. The number of nitrogens with two attached hydrogens (primary N) is 2. The first kappa shape index (κ1) is 26.2. The number of piperidine rings is 1. The van der Waals surface area contributed by atoms with Crippen LogP contribution in [0.15, 0.2) is 78.2 Å². The van der Waals surface area contributed by atoms with Crippen LogP contribution in [0.5, 0.6) is 0 Å². The predicted molar refractivity (Wildman–Crippen MR) is 146 cm³/mol. The molecule has 4 rings (SSSR count). The van der Waals surface area contributed by atoms with Gasteiger partial charge in [-0.05, 0) is 74.6 Å². The van der Waals surface area contributed by atoms with Crippen LogP contribution in [0, 0.1) is 5.82 Å². The smallest absolute Gasteiger partial charge is 0.132 e. The van der Waals surface area contributed by atoms with E-state index < -0.39 is 0 Å². The van der Waals surface area contributed by atoms with Crippen molar-refractivity contribution >= 4 is 11.4 Å². The van der Waals surface area contributed by atoms with Gasteiger partial charge in [-0.2, -0.15) is 0 Å². The van der Waals surface area contributed by atoms with E-state index in [1.165, 1.54) is 11.6 Å². The molecule has 2 heterocycles. The van der Waals surface area contributed by atoms with Crippen LogP contribution in [0.1, 0.15) is 52.1 Å². The van der Waals surface area contributed by atoms with Gasteiger partial charge in [0.05, 0.1) is 28.5 Å². The Bertz CT molecular complexity index is 1130. The van der Waals surface area contributed by atoms with Gasteiger partial charge in [-0.3, -0.25) is 0 Å². The number of nitrogens with zero attached hydrogens (tertiary/aromatic N) is 2. The van der Waals surface area contributed by atoms with Crippen molar-refractivity contribution in [2.75, 3.05) is 18.8 Å². The number of allylic oxidation sites excluding steroid dienone is 4. The van der Waals surface area contributed by atoms with Crippen LogP contribution in [-0.2, 0) is 0 Å². The SMILES string of the molecule is C=C/C(NC(=C1CC1)c1nc(-c2ccccc2F)ccc1N)=C(\C=C/C)N1CCC[C@@H](N)C1.CC. The molecule has 186 valence electrons. The van der Waals surface area contributed by atoms with Crippen LogP contribution >= 0.6 is 0 Å². The summed E-state index contributed by atoms with van der Waals surface area (Å²) in [6.07, 6.45) is 9.99. The van der Waals surface area contributed by atoms with Crippen LogP contribution in [0.2, 0.25) is 0 Å². The fourth-order valence-electron chi connectivity index (χ4n) is 4.22. The lowest BCUT2D eigenvalue weighted by atomic mass is 10.0. The number of benzene rings is 1. The second-order valence-corrected chi connectivity index (χ2v) is 8.57. The zero-order valence-corrected chi connectivity index (χ0v) is 21.2. The molecule has 1 aromatic carbocycles. The second-order valence-electron chi connectivity index (χ2n) is 8.57. The topological polar surface area (TPSA) is 80.2 Å². The molecular weight excluding hydrogens is 437 g/mol. The number of aromatic nitrogens is 1. The first-order chi connectivity index (χ1) is 17.0. The van der Waals surface area contributed by atoms with Crippen LogP contribution in [0.3, 0.4) is 0 Å². The largest absolute Gasteiger partial charge is 0.397 e. The molecule has 35 heavy (non-hydrogen) atoms. The van der Waals surface area contributed by atoms with E-state index in [0.29, 0.717) is 22.6 Å². The van der Waals surface area contributed by atoms with Gasteiger partial charge in [0.25, 0.3) is 0 Å². The first-order valence-corrected chi connectivity index (χ1v) is 12.5. The van der Waals surface area contributed by atoms with E-state index in [4.69, 9.17) is 16.5 Å². The van der Waals surface area contributed by atoms with Crippen molar-refractivity contribution in [1.29, 1.82) is 0 Å². The van der Waals surface area contributed by atoms with Crippen molar-refractivity contribution in [3.05, 3.63) is 89.7 Å². The summed E-state index contributed by atoms with van der Waals surface area (Å²) in [6.45, 7) is 11.8. The normalized spacial score (nSPS) is 17.9. The molecule has 5 nitrogen and oxygen atoms in total. The number of rotatable bonds is 7. The molecule has 2 fully saturated rings. The summed E-state index contributed by atoms with van der Waals surface area (Å²) in [5.41, 5.74) is 18.9. The van der Waals surface area contributed by atoms with E-state index in [-0.39, 0.29) is 11.9 Å². The quantitative estimate of drug-likeness (QED) is 0.429. The molecule has 1 atom stereocenters. The molecule has 5 N–H and O–H groups in total. The monoisotopic (exact) mass is 475 g/mol. The average Bonchev–Trinajstić information content (AvgIpc) is 3.71. The van der Waals surface area contributed by atoms with E-state index in [2.05, 4.69) is 22.9 Å². The Labute approximate surface area is 209 Å². The number of nitrogen functional groups attached to an aromatic ring is 1. The first-order valence-electron chi connectivity index (χ1n) is 12.5. The summed E-state index contributed by atoms with van der Waals surface area (Å²) < 4.78 is 14.4. The summed E-state index contributed by atoms with van der Waals surface area (Å²) in [6, 6.07) is 10.4. The molecule has 1 aliphatic carbocycles. The number of hydrogen-bond donors (Lipinski definition) is 3. The summed E-state index contributed by atoms with van der Waals surface area (Å²) in [5, 5.41) is 3.58. The Morgan fingerprint density at radius 1 is 1.20 bits per heavy atom. The Hall–Kier alpha value is -3.38. The molecule has 1 saturated heterocycles. The number of pyridine rings is 1. The van der Waals surface area contributed by atoms with Crippen molar-refractivity contribution in [2.24, 2.45) is 5.73 Å². The van der Waals surface area contributed by atoms with Crippen molar-refractivity contribution < 1.29 is 4.39 Å². The number of anilines is 1. The van der Waals surface area contributed by atoms with E-state index in [0.717, 1.165) is 55.9 Å². The van der Waals surface area contributed by atoms with Crippen LogP contribution in [0.4, 0.5) is 10.1 Å². The van der Waals surface area contributed by atoms with Crippen LogP contribution < -0.4 is 16.8 Å². The highest BCUT2D eigenvalue weighted by atomic mass is 19.1. The molecule has 0 bridgehead atoms. The van der Waals surface area contributed by atoms with E-state index in [1.54, 1.807) is 30.3 Å². The zero-order chi connectivity index (χ0) is 25.4. The van der Waals surface area contributed by atoms with Crippen molar-refractivity contribution in [1.82, 2.24) is 15.2 Å². The van der Waals surface area contributed by atoms with Crippen LogP contribution in [0.25, 0.3) is 17.0 Å². The summed E-state index contributed by atoms with van der Waals surface area (Å²) in [4.78, 5) is 7.09. The summed E-state index contributed by atoms with van der Waals surface area (Å²) in [7, 11) is 0. The fraction of sp³-hybridized carbons (Fsp3) is 0.345. The molecule has 2 aliphatic rings. The second kappa shape index (κ2) is 12.4. The van der Waals surface area contributed by atoms with Gasteiger partial charge < -0.3 is 21.7 Å². The fourth-order valence-corrected chi connectivity index (χ4v) is 4.22. The molecule has 2 aromatic rings. The maximum absolute atomic E-state index is 14.4. The molecule has 6 heteroatoms. The van der Waals surface area contributed by atoms with E-state index in [9.17, 15) is 4.39 Å². The molecule has 0 radical (unpaired) electrons. The van der Waals surface area contributed by atoms with Crippen molar-refractivity contribution in [2.45, 2.75) is 52.5 Å². The third-order valence-electron chi connectivity index (χ3n) is 6.03. The maximum atomic E-state index is 14.4. The van der Waals surface area contributed by atoms with Gasteiger partial charge in [0.15, 0.2) is 0 Å². The standard InChI is InChI=1S/C27H32FN5.C2H6/c1-3-8-25(33-16-7-9-19(29)17-33)23(4-2)31-26(18-12-13-18)27-22(30)14-15-24(32-27)20-10-5-6-11-21(20)28;1-2/h3-6,8,10-11,14-15,19,31H,2,7,9,12-13,16-17,29-30H2,1H3;1-2H3/b8-3-,25-23-;/t19-;/m1./s1. The Morgan fingerprint density at radius 2 is 1.94 bits per heavy atom. The average molecular weight is 476 g/mol. The Morgan fingerprint density at radius 3 is 2.57 bits per heavy atom. The minimum absolute atomic E-state index is 0.154. The number of halogens is 1. The van der Waals surface area contributed by atoms with Crippen molar-refractivity contribution in [3.63, 3.8) is 0 Å². The minimum Gasteiger partial charge on any atom is -0.397 e. The van der Waals surface area contributed by atoms with Gasteiger partial charge in [0.1, 0.15) is 11.5 Å². The summed E-state index contributed by atoms with van der Waals surface area (Å²) in [5.74, 6) is -0.308. The van der Waals surface area contributed by atoms with Gasteiger partial charge in [-0.15, -0.1) is 0 Å². The predicted octanol–water partition coefficient (Wildman–Crippen LogP) is 5.99. The number of hydrogen-bond acceptors (Lipinski definition) is 5. The molecule has 0 unspecified atom stereocenters. The molecule has 0 spiro atoms. The minimum atomic E-state index is -0.308. The summed E-state index contributed by atoms with van der Waals surface area (Å²) >= 11 is 0. The Kier molecular flexibility index (Phi) is 9.26. The lowest BCUT2D eigenvalue weighted by Crippen LogP contribution is -2.42. The maximum Gasteiger partial charge on any atom is 0.132 e. The number of likely N-dealkylation sites (tertiary alicyclic amines) is 1. The lowest BCUT2D eigenvalue weighted by molar-refractivity contribution is 0.264. The zero-order valence-electron chi connectivity index (χ0n) is 21.2. The highest BCUT2D eigenvalue weighted by molar-refractivity contribution is 5.78. The lowest BCUT2D eigenvalue weighted by Gasteiger charge is -2.34. The Balaban J connectivity index is 0.00000167. The van der Waals surface area contributed by atoms with Gasteiger partial charge in [0.2, 0.25) is 0 Å². The highest BCUT2D eigenvalue weighted by Crippen LogP contribution is 2.38. The van der Waals surface area contributed by atoms with Gasteiger partial charge in [0, 0.05) is 24.7 Å². The van der Waals surface area contributed by atoms with Gasteiger partial charge in [-0.25, -0.2) is 9.37 Å². The molecule has 1 saturated carbocycles. The number of nitrogens with one attached hydrogen (secondary N) is 1. The molecule has 1 aliphatic heterocycles. The van der Waals surface area contributed by atoms with Crippen molar-refractivity contribution in [3.8, 4) is 11.3 Å². The molecule has 1 aromatic heterocycles. The molecule has 0 amide bonds. The highest BCUT2D eigenvalue weighted by Gasteiger charge is 2.25.